The van der Waals surface area contributed by atoms with Crippen LogP contribution in [0.5, 0.6) is 5.75 Å². The van der Waals surface area contributed by atoms with Crippen LogP contribution in [0.25, 0.3) is 0 Å². The summed E-state index contributed by atoms with van der Waals surface area (Å²) >= 11 is 0. The van der Waals surface area contributed by atoms with Crippen molar-refractivity contribution < 1.29 is 13.9 Å². The van der Waals surface area contributed by atoms with Gasteiger partial charge in [-0.05, 0) is 29.8 Å². The molecule has 0 heterocycles. The van der Waals surface area contributed by atoms with E-state index in [1.165, 1.54) is 19.1 Å². The second kappa shape index (κ2) is 6.00. The van der Waals surface area contributed by atoms with Crippen molar-refractivity contribution in [2.45, 2.75) is 13.5 Å². The third kappa shape index (κ3) is 3.81. The van der Waals surface area contributed by atoms with Gasteiger partial charge in [0.25, 0.3) is 0 Å². The number of para-hydroxylation sites is 2. The molecule has 0 spiro atoms. The van der Waals surface area contributed by atoms with E-state index in [0.29, 0.717) is 18.0 Å². The number of hydrogen-bond acceptors (Lipinski definition) is 2. The summed E-state index contributed by atoms with van der Waals surface area (Å²) in [7, 11) is 0. The van der Waals surface area contributed by atoms with E-state index in [1.54, 1.807) is 24.3 Å². The fourth-order valence-corrected chi connectivity index (χ4v) is 1.63. The van der Waals surface area contributed by atoms with Crippen LogP contribution in [0.2, 0.25) is 0 Å². The first-order chi connectivity index (χ1) is 9.15. The van der Waals surface area contributed by atoms with Crippen molar-refractivity contribution in [1.29, 1.82) is 0 Å². The number of ether oxygens (including phenoxy) is 1. The molecule has 0 bridgehead atoms. The van der Waals surface area contributed by atoms with Crippen molar-refractivity contribution in [3.63, 3.8) is 0 Å². The van der Waals surface area contributed by atoms with E-state index < -0.39 is 0 Å². The van der Waals surface area contributed by atoms with Gasteiger partial charge >= 0.3 is 0 Å². The van der Waals surface area contributed by atoms with Gasteiger partial charge in [0.15, 0.2) is 0 Å². The van der Waals surface area contributed by atoms with E-state index in [-0.39, 0.29) is 11.7 Å². The number of nitrogens with one attached hydrogen (secondary N) is 1. The first-order valence-electron chi connectivity index (χ1n) is 5.89. The molecule has 0 aliphatic rings. The second-order valence-electron chi connectivity index (χ2n) is 4.09. The molecule has 0 unspecified atom stereocenters. The third-order valence-corrected chi connectivity index (χ3v) is 2.51. The van der Waals surface area contributed by atoms with Gasteiger partial charge in [-0.15, -0.1) is 0 Å². The molecule has 4 heteroatoms. The van der Waals surface area contributed by atoms with Gasteiger partial charge in [-0.25, -0.2) is 4.39 Å². The van der Waals surface area contributed by atoms with Gasteiger partial charge in [-0.3, -0.25) is 4.79 Å². The molecule has 0 aromatic heterocycles. The molecule has 3 nitrogen and oxygen atoms in total. The number of rotatable bonds is 4. The van der Waals surface area contributed by atoms with Crippen LogP contribution in [0, 0.1) is 5.82 Å². The Morgan fingerprint density at radius 1 is 1.16 bits per heavy atom. The highest BCUT2D eigenvalue weighted by Crippen LogP contribution is 2.24. The number of hydrogen-bond donors (Lipinski definition) is 1. The normalized spacial score (nSPS) is 10.0. The predicted octanol–water partition coefficient (Wildman–Crippen LogP) is 3.36. The van der Waals surface area contributed by atoms with Crippen LogP contribution in [0.1, 0.15) is 12.5 Å². The summed E-state index contributed by atoms with van der Waals surface area (Å²) in [6.45, 7) is 1.76. The lowest BCUT2D eigenvalue weighted by atomic mass is 10.2. The summed E-state index contributed by atoms with van der Waals surface area (Å²) in [6.07, 6.45) is 0. The highest BCUT2D eigenvalue weighted by Gasteiger charge is 2.04. The molecule has 19 heavy (non-hydrogen) atoms. The summed E-state index contributed by atoms with van der Waals surface area (Å²) in [5.74, 6) is 0.155. The molecule has 0 atom stereocenters. The topological polar surface area (TPSA) is 38.3 Å². The van der Waals surface area contributed by atoms with Crippen molar-refractivity contribution in [2.24, 2.45) is 0 Å². The minimum atomic E-state index is -0.276. The summed E-state index contributed by atoms with van der Waals surface area (Å²) in [6, 6.07) is 13.3. The number of halogens is 1. The first kappa shape index (κ1) is 13.1. The molecule has 0 aliphatic heterocycles. The van der Waals surface area contributed by atoms with Crippen LogP contribution >= 0.6 is 0 Å². The number of carbonyl (C=O) groups excluding carboxylic acids is 1. The summed E-state index contributed by atoms with van der Waals surface area (Å²) in [4.78, 5) is 11.1. The van der Waals surface area contributed by atoms with Crippen molar-refractivity contribution >= 4 is 11.6 Å². The zero-order valence-corrected chi connectivity index (χ0v) is 10.5. The Balaban J connectivity index is 2.06. The molecule has 2 rings (SSSR count). The molecule has 0 fully saturated rings. The Kier molecular flexibility index (Phi) is 4.13. The van der Waals surface area contributed by atoms with Crippen molar-refractivity contribution in [1.82, 2.24) is 0 Å². The smallest absolute Gasteiger partial charge is 0.221 e. The molecule has 2 aromatic rings. The van der Waals surface area contributed by atoms with Gasteiger partial charge in [0, 0.05) is 6.92 Å². The van der Waals surface area contributed by atoms with E-state index in [0.717, 1.165) is 5.56 Å². The van der Waals surface area contributed by atoms with Crippen molar-refractivity contribution in [3.8, 4) is 5.75 Å². The lowest BCUT2D eigenvalue weighted by Crippen LogP contribution is -2.07. The molecular weight excluding hydrogens is 245 g/mol. The standard InChI is InChI=1S/C15H14FNO2/c1-11(18)17-14-4-2-3-5-15(14)19-10-12-6-8-13(16)9-7-12/h2-9H,10H2,1H3,(H,17,18). The van der Waals surface area contributed by atoms with Gasteiger partial charge in [0.1, 0.15) is 18.2 Å². The first-order valence-corrected chi connectivity index (χ1v) is 5.89. The van der Waals surface area contributed by atoms with Crippen molar-refractivity contribution in [2.75, 3.05) is 5.32 Å². The van der Waals surface area contributed by atoms with Gasteiger partial charge < -0.3 is 10.1 Å². The Morgan fingerprint density at radius 3 is 2.53 bits per heavy atom. The quantitative estimate of drug-likeness (QED) is 0.914. The zero-order chi connectivity index (χ0) is 13.7. The Morgan fingerprint density at radius 2 is 1.84 bits per heavy atom. The number of carbonyl (C=O) groups is 1. The average Bonchev–Trinajstić information content (AvgIpc) is 2.39. The molecule has 1 N–H and O–H groups in total. The fraction of sp³-hybridized carbons (Fsp3) is 0.133. The van der Waals surface area contributed by atoms with Crippen LogP contribution in [0.3, 0.4) is 0 Å². The van der Waals surface area contributed by atoms with E-state index in [2.05, 4.69) is 5.32 Å². The monoisotopic (exact) mass is 259 g/mol. The highest BCUT2D eigenvalue weighted by molar-refractivity contribution is 5.90. The van der Waals surface area contributed by atoms with Gasteiger partial charge in [0.2, 0.25) is 5.91 Å². The van der Waals surface area contributed by atoms with Crippen LogP contribution in [0.15, 0.2) is 48.5 Å². The number of benzene rings is 2. The lowest BCUT2D eigenvalue weighted by Gasteiger charge is -2.11. The molecular formula is C15H14FNO2. The second-order valence-corrected chi connectivity index (χ2v) is 4.09. The van der Waals surface area contributed by atoms with E-state index in [9.17, 15) is 9.18 Å². The van der Waals surface area contributed by atoms with Crippen LogP contribution in [-0.4, -0.2) is 5.91 Å². The maximum Gasteiger partial charge on any atom is 0.221 e. The Labute approximate surface area is 111 Å². The summed E-state index contributed by atoms with van der Waals surface area (Å²) in [5, 5.41) is 2.69. The molecule has 2 aromatic carbocycles. The minimum Gasteiger partial charge on any atom is -0.487 e. The zero-order valence-electron chi connectivity index (χ0n) is 10.5. The molecule has 1 amide bonds. The summed E-state index contributed by atoms with van der Waals surface area (Å²) in [5.41, 5.74) is 1.48. The average molecular weight is 259 g/mol. The minimum absolute atomic E-state index is 0.155. The van der Waals surface area contributed by atoms with Crippen LogP contribution in [-0.2, 0) is 11.4 Å². The van der Waals surface area contributed by atoms with E-state index in [1.807, 2.05) is 12.1 Å². The molecule has 0 saturated heterocycles. The van der Waals surface area contributed by atoms with E-state index >= 15 is 0 Å². The fourth-order valence-electron chi connectivity index (χ4n) is 1.63. The predicted molar refractivity (Wildman–Crippen MR) is 71.5 cm³/mol. The Hall–Kier alpha value is -2.36. The van der Waals surface area contributed by atoms with Crippen molar-refractivity contribution in [3.05, 3.63) is 59.9 Å². The maximum atomic E-state index is 12.8. The number of anilines is 1. The van der Waals surface area contributed by atoms with Crippen LogP contribution < -0.4 is 10.1 Å². The van der Waals surface area contributed by atoms with Gasteiger partial charge in [0.05, 0.1) is 5.69 Å². The maximum absolute atomic E-state index is 12.8. The molecule has 0 saturated carbocycles. The number of amides is 1. The van der Waals surface area contributed by atoms with E-state index in [4.69, 9.17) is 4.74 Å². The van der Waals surface area contributed by atoms with Gasteiger partial charge in [-0.1, -0.05) is 24.3 Å². The van der Waals surface area contributed by atoms with Crippen LogP contribution in [0.4, 0.5) is 10.1 Å². The van der Waals surface area contributed by atoms with Gasteiger partial charge in [-0.2, -0.15) is 0 Å². The lowest BCUT2D eigenvalue weighted by molar-refractivity contribution is -0.114. The Bertz CT molecular complexity index is 567. The molecule has 0 radical (unpaired) electrons. The largest absolute Gasteiger partial charge is 0.487 e. The molecule has 0 aliphatic carbocycles. The SMILES string of the molecule is CC(=O)Nc1ccccc1OCc1ccc(F)cc1. The summed E-state index contributed by atoms with van der Waals surface area (Å²) < 4.78 is 18.4. The third-order valence-electron chi connectivity index (χ3n) is 2.51. The highest BCUT2D eigenvalue weighted by atomic mass is 19.1. The molecule has 98 valence electrons.